The number of nitrogens with one attached hydrogen (secondary N) is 2. The first-order valence-corrected chi connectivity index (χ1v) is 23.2. The number of methoxy groups -OCH3 is 1. The summed E-state index contributed by atoms with van der Waals surface area (Å²) < 4.78 is 84.0. The zero-order valence-corrected chi connectivity index (χ0v) is 37.5. The van der Waals surface area contributed by atoms with Crippen molar-refractivity contribution in [1.82, 2.24) is 29.5 Å². The zero-order chi connectivity index (χ0) is 44.9. The predicted octanol–water partition coefficient (Wildman–Crippen LogP) is 9.42. The molecule has 324 valence electrons. The molecule has 8 rings (SSSR count). The second-order valence-electron chi connectivity index (χ2n) is 17.1. The van der Waals surface area contributed by atoms with Crippen molar-refractivity contribution in [2.75, 3.05) is 16.6 Å². The van der Waals surface area contributed by atoms with Gasteiger partial charge in [0.05, 0.1) is 40.2 Å². The fourth-order valence-electron chi connectivity index (χ4n) is 7.53. The summed E-state index contributed by atoms with van der Waals surface area (Å²) in [5.74, 6) is 0.893. The lowest BCUT2D eigenvalue weighted by Gasteiger charge is -2.25. The normalized spacial score (nSPS) is 12.5. The first-order valence-electron chi connectivity index (χ1n) is 20.2. The molecule has 4 heterocycles. The summed E-state index contributed by atoms with van der Waals surface area (Å²) in [4.78, 5) is 8.99. The number of ether oxygens (including phenoxy) is 1. The lowest BCUT2D eigenvalue weighted by Crippen LogP contribution is -2.19. The van der Waals surface area contributed by atoms with Crippen molar-refractivity contribution in [3.8, 4) is 17.3 Å². The minimum atomic E-state index is -4.09. The van der Waals surface area contributed by atoms with Gasteiger partial charge in [-0.15, -0.1) is 0 Å². The van der Waals surface area contributed by atoms with Gasteiger partial charge < -0.3 is 4.74 Å². The van der Waals surface area contributed by atoms with Crippen LogP contribution in [0.25, 0.3) is 33.2 Å². The van der Waals surface area contributed by atoms with Crippen LogP contribution in [-0.2, 0) is 37.3 Å². The smallest absolute Gasteiger partial charge is 0.263 e. The number of aromatic nitrogens is 6. The summed E-state index contributed by atoms with van der Waals surface area (Å²) in [6, 6.07) is 30.6. The van der Waals surface area contributed by atoms with Crippen LogP contribution >= 0.6 is 0 Å². The number of anilines is 2. The van der Waals surface area contributed by atoms with Crippen molar-refractivity contribution in [3.63, 3.8) is 0 Å². The molecular weight excluding hydrogens is 840 g/mol. The van der Waals surface area contributed by atoms with Crippen molar-refractivity contribution < 1.29 is 26.0 Å². The summed E-state index contributed by atoms with van der Waals surface area (Å²) in [5, 5.41) is 11.4. The van der Waals surface area contributed by atoms with E-state index in [1.54, 1.807) is 87.0 Å². The van der Waals surface area contributed by atoms with E-state index < -0.39 is 31.3 Å². The quantitative estimate of drug-likeness (QED) is 0.115. The van der Waals surface area contributed by atoms with Crippen molar-refractivity contribution in [1.29, 1.82) is 0 Å². The Morgan fingerprint density at radius 2 is 1.29 bits per heavy atom. The maximum atomic E-state index is 14.6. The van der Waals surface area contributed by atoms with Crippen LogP contribution < -0.4 is 14.2 Å². The van der Waals surface area contributed by atoms with Crippen LogP contribution in [-0.4, -0.2) is 53.5 Å². The molecule has 13 nitrogen and oxygen atoms in total. The van der Waals surface area contributed by atoms with Crippen molar-refractivity contribution >= 4 is 53.4 Å². The highest BCUT2D eigenvalue weighted by atomic mass is 32.2. The predicted molar refractivity (Wildman–Crippen MR) is 244 cm³/mol. The van der Waals surface area contributed by atoms with E-state index in [9.17, 15) is 21.2 Å². The van der Waals surface area contributed by atoms with E-state index in [4.69, 9.17) is 9.84 Å². The maximum absolute atomic E-state index is 14.6. The second-order valence-corrected chi connectivity index (χ2v) is 20.4. The zero-order valence-electron chi connectivity index (χ0n) is 35.9. The van der Waals surface area contributed by atoms with Gasteiger partial charge in [0.15, 0.2) is 5.82 Å². The molecule has 0 radical (unpaired) electrons. The first-order chi connectivity index (χ1) is 29.8. The lowest BCUT2D eigenvalue weighted by molar-refractivity contribution is 0.418. The minimum absolute atomic E-state index is 0.0426. The van der Waals surface area contributed by atoms with Gasteiger partial charge >= 0.3 is 0 Å². The maximum Gasteiger partial charge on any atom is 0.263 e. The molecule has 2 N–H and O–H groups in total. The molecule has 4 aromatic heterocycles. The van der Waals surface area contributed by atoms with Crippen LogP contribution in [0.5, 0.6) is 5.75 Å². The Labute approximate surface area is 366 Å². The molecule has 0 spiro atoms. The Morgan fingerprint density at radius 3 is 1.92 bits per heavy atom. The van der Waals surface area contributed by atoms with Crippen LogP contribution in [0.3, 0.4) is 0 Å². The SMILES string of the molecule is COc1cnc(-n2nc(CCC(C)(C)c3ccc(S(=O)(=O)Nc4cc(C)nn4-c4ccnc5c(F)cccc45)cc3)cc2NS(=O)(=O)c2ccc(C(C)(C)C)cc2)c2ccccc12. The van der Waals surface area contributed by atoms with Gasteiger partial charge in [0.2, 0.25) is 0 Å². The number of fused-ring (bicyclic) bond motifs is 2. The fourth-order valence-corrected chi connectivity index (χ4v) is 9.60. The molecule has 8 aromatic rings. The van der Waals surface area contributed by atoms with E-state index >= 15 is 0 Å². The molecule has 0 amide bonds. The van der Waals surface area contributed by atoms with Gasteiger partial charge in [-0.25, -0.2) is 30.9 Å². The second kappa shape index (κ2) is 16.2. The number of pyridine rings is 2. The van der Waals surface area contributed by atoms with Gasteiger partial charge in [-0.2, -0.15) is 14.9 Å². The minimum Gasteiger partial charge on any atom is -0.494 e. The van der Waals surface area contributed by atoms with Gasteiger partial charge in [-0.1, -0.05) is 95.3 Å². The summed E-state index contributed by atoms with van der Waals surface area (Å²) >= 11 is 0. The third kappa shape index (κ3) is 8.60. The Hall–Kier alpha value is -6.65. The van der Waals surface area contributed by atoms with E-state index in [-0.39, 0.29) is 32.4 Å². The summed E-state index contributed by atoms with van der Waals surface area (Å²) in [7, 11) is -6.56. The van der Waals surface area contributed by atoms with Crippen LogP contribution in [0.1, 0.15) is 63.6 Å². The Balaban J connectivity index is 1.05. The summed E-state index contributed by atoms with van der Waals surface area (Å²) in [6.45, 7) is 12.0. The van der Waals surface area contributed by atoms with Gasteiger partial charge in [-0.3, -0.25) is 14.4 Å². The van der Waals surface area contributed by atoms with E-state index in [2.05, 4.69) is 59.1 Å². The molecule has 0 fully saturated rings. The van der Waals surface area contributed by atoms with Crippen LogP contribution in [0, 0.1) is 12.7 Å². The van der Waals surface area contributed by atoms with Gasteiger partial charge in [-0.05, 0) is 78.1 Å². The number of para-hydroxylation sites is 1. The number of benzene rings is 4. The number of nitrogens with zero attached hydrogens (tertiary/aromatic N) is 6. The molecular formula is C47H47FN8O5S2. The molecule has 0 unspecified atom stereocenters. The lowest BCUT2D eigenvalue weighted by atomic mass is 9.80. The van der Waals surface area contributed by atoms with Crippen molar-refractivity contribution in [2.45, 2.75) is 75.0 Å². The Kier molecular flexibility index (Phi) is 11.1. The molecule has 0 bridgehead atoms. The van der Waals surface area contributed by atoms with Crippen LogP contribution in [0.15, 0.2) is 131 Å². The molecule has 0 saturated carbocycles. The summed E-state index contributed by atoms with van der Waals surface area (Å²) in [5.41, 5.74) is 3.06. The first kappa shape index (κ1) is 43.0. The van der Waals surface area contributed by atoms with Gasteiger partial charge in [0, 0.05) is 34.5 Å². The van der Waals surface area contributed by atoms with E-state index in [1.807, 2.05) is 36.4 Å². The van der Waals surface area contributed by atoms with Crippen LogP contribution in [0.2, 0.25) is 0 Å². The third-order valence-corrected chi connectivity index (χ3v) is 13.9. The molecule has 4 aromatic carbocycles. The highest BCUT2D eigenvalue weighted by Gasteiger charge is 2.27. The fraction of sp³-hybridized carbons (Fsp3) is 0.234. The highest BCUT2D eigenvalue weighted by Crippen LogP contribution is 2.34. The van der Waals surface area contributed by atoms with Crippen molar-refractivity contribution in [2.24, 2.45) is 0 Å². The number of halogens is 1. The number of rotatable bonds is 13. The van der Waals surface area contributed by atoms with E-state index in [0.29, 0.717) is 52.3 Å². The van der Waals surface area contributed by atoms with Gasteiger partial charge in [0.1, 0.15) is 28.7 Å². The molecule has 0 aliphatic heterocycles. The van der Waals surface area contributed by atoms with Gasteiger partial charge in [0.25, 0.3) is 20.0 Å². The molecule has 63 heavy (non-hydrogen) atoms. The third-order valence-electron chi connectivity index (χ3n) is 11.1. The highest BCUT2D eigenvalue weighted by molar-refractivity contribution is 7.93. The topological polar surface area (TPSA) is 163 Å². The molecule has 0 aliphatic carbocycles. The standard InChI is InChI=1S/C47H47FN8O5S2/c1-30-27-42(55(51-30)40-24-26-49-44-38(40)13-10-14-39(44)48)53-62(57,58)35-21-17-32(18-22-35)47(5,6)25-23-33-28-43(54-63(59,60)34-19-15-31(16-20-34)46(2,3)4)56(52-33)45-37-12-9-8-11-36(37)41(61-7)29-50-45/h8-22,24,26-29,53-54H,23,25H2,1-7H3. The molecule has 0 atom stereocenters. The Morgan fingerprint density at radius 1 is 0.683 bits per heavy atom. The number of hydrogen-bond donors (Lipinski definition) is 2. The van der Waals surface area contributed by atoms with E-state index in [1.165, 1.54) is 21.6 Å². The number of hydrogen-bond acceptors (Lipinski definition) is 9. The van der Waals surface area contributed by atoms with Crippen molar-refractivity contribution in [3.05, 3.63) is 150 Å². The van der Waals surface area contributed by atoms with E-state index in [0.717, 1.165) is 16.5 Å². The molecule has 16 heteroatoms. The molecule has 0 saturated heterocycles. The number of sulfonamides is 2. The monoisotopic (exact) mass is 886 g/mol. The average Bonchev–Trinajstić information content (AvgIpc) is 3.83. The molecule has 0 aliphatic rings. The summed E-state index contributed by atoms with van der Waals surface area (Å²) in [6.07, 6.45) is 4.06. The largest absolute Gasteiger partial charge is 0.494 e. The Bertz CT molecular complexity index is 3230. The number of aryl methyl sites for hydroxylation is 2. The average molecular weight is 887 g/mol. The van der Waals surface area contributed by atoms with Crippen LogP contribution in [0.4, 0.5) is 16.0 Å².